The summed E-state index contributed by atoms with van der Waals surface area (Å²) in [6, 6.07) is 12.5. The first-order valence-corrected chi connectivity index (χ1v) is 12.2. The molecule has 0 aliphatic carbocycles. The Balaban J connectivity index is 1.94. The van der Waals surface area contributed by atoms with Crippen LogP contribution in [0, 0.1) is 0 Å². The van der Waals surface area contributed by atoms with Crippen molar-refractivity contribution < 1.29 is 35.2 Å². The quantitative estimate of drug-likeness (QED) is 0.312. The van der Waals surface area contributed by atoms with Crippen LogP contribution in [0.3, 0.4) is 0 Å². The lowest BCUT2D eigenvalue weighted by molar-refractivity contribution is 0.272. The molecular weight excluding hydrogens is 474 g/mol. The van der Waals surface area contributed by atoms with E-state index in [0.29, 0.717) is 22.0 Å². The van der Waals surface area contributed by atoms with Crippen LogP contribution in [0.25, 0.3) is 10.8 Å². The van der Waals surface area contributed by atoms with E-state index in [1.165, 1.54) is 18.2 Å². The minimum atomic E-state index is -4.72. The second-order valence-corrected chi connectivity index (χ2v) is 9.69. The minimum Gasteiger partial charge on any atom is -0.505 e. The minimum absolute atomic E-state index is 0.199. The Morgan fingerprint density at radius 1 is 0.939 bits per heavy atom. The molecule has 0 aliphatic rings. The molecule has 0 unspecified atom stereocenters. The van der Waals surface area contributed by atoms with Gasteiger partial charge in [-0.15, -0.1) is 5.11 Å². The first-order chi connectivity index (χ1) is 15.3. The van der Waals surface area contributed by atoms with Crippen molar-refractivity contribution in [2.75, 3.05) is 25.6 Å². The molecule has 0 amide bonds. The molecule has 3 rings (SSSR count). The van der Waals surface area contributed by atoms with Crippen molar-refractivity contribution in [3.8, 4) is 5.75 Å². The maximum absolute atomic E-state index is 12.0. The molecule has 3 aromatic carbocycles. The highest BCUT2D eigenvalue weighted by atomic mass is 32.3. The lowest BCUT2D eigenvalue weighted by atomic mass is 10.1. The van der Waals surface area contributed by atoms with Crippen LogP contribution in [-0.4, -0.2) is 51.7 Å². The van der Waals surface area contributed by atoms with Gasteiger partial charge >= 0.3 is 10.4 Å². The summed E-state index contributed by atoms with van der Waals surface area (Å²) in [5.41, 5.74) is 1.34. The number of azo groups is 1. The van der Waals surface area contributed by atoms with Gasteiger partial charge in [0.15, 0.2) is 5.75 Å². The largest absolute Gasteiger partial charge is 0.505 e. The Hall–Kier alpha value is -3.10. The fourth-order valence-corrected chi connectivity index (χ4v) is 3.96. The zero-order valence-electron chi connectivity index (χ0n) is 17.6. The third kappa shape index (κ3) is 6.24. The van der Waals surface area contributed by atoms with Crippen molar-refractivity contribution >= 4 is 48.4 Å². The first kappa shape index (κ1) is 24.5. The molecule has 0 bridgehead atoms. The third-order valence-corrected chi connectivity index (χ3v) is 5.99. The van der Waals surface area contributed by atoms with Gasteiger partial charge < -0.3 is 10.0 Å². The van der Waals surface area contributed by atoms with Crippen molar-refractivity contribution in [2.24, 2.45) is 10.2 Å². The average molecular weight is 496 g/mol. The molecule has 0 radical (unpaired) electrons. The van der Waals surface area contributed by atoms with Crippen molar-refractivity contribution in [3.63, 3.8) is 0 Å². The number of hydrogen-bond acceptors (Lipinski definition) is 9. The standard InChI is InChI=1S/C20H21N3O8S2/c1-23(2)16-7-8-17-14(11-16)12-18(32(25,26)27)19(20(17)24)22-21-15-5-3-13(4-6-15)9-10-31-33(28,29)30/h3-8,11-12,24H,9-10H2,1-2H3,(H,25,26,27)(H,28,29,30). The second-order valence-electron chi connectivity index (χ2n) is 7.21. The van der Waals surface area contributed by atoms with Gasteiger partial charge in [0.1, 0.15) is 10.6 Å². The van der Waals surface area contributed by atoms with Gasteiger partial charge in [0.2, 0.25) is 0 Å². The molecule has 13 heteroatoms. The summed E-state index contributed by atoms with van der Waals surface area (Å²) in [7, 11) is -5.63. The van der Waals surface area contributed by atoms with Crippen LogP contribution in [-0.2, 0) is 31.1 Å². The SMILES string of the molecule is CN(C)c1ccc2c(O)c(N=Nc3ccc(CCOS(=O)(=O)O)cc3)c(S(=O)(=O)O)cc2c1. The molecule has 0 heterocycles. The fraction of sp³-hybridized carbons (Fsp3) is 0.200. The highest BCUT2D eigenvalue weighted by Crippen LogP contribution is 2.42. The van der Waals surface area contributed by atoms with E-state index in [0.717, 1.165) is 5.69 Å². The van der Waals surface area contributed by atoms with Crippen molar-refractivity contribution in [1.82, 2.24) is 0 Å². The number of anilines is 1. The van der Waals surface area contributed by atoms with E-state index in [4.69, 9.17) is 4.55 Å². The van der Waals surface area contributed by atoms with Gasteiger partial charge in [0.05, 0.1) is 12.3 Å². The van der Waals surface area contributed by atoms with Gasteiger partial charge in [-0.25, -0.2) is 4.18 Å². The van der Waals surface area contributed by atoms with E-state index in [-0.39, 0.29) is 13.0 Å². The van der Waals surface area contributed by atoms with Gasteiger partial charge in [-0.05, 0) is 53.8 Å². The summed E-state index contributed by atoms with van der Waals surface area (Å²) in [4.78, 5) is 1.21. The van der Waals surface area contributed by atoms with E-state index < -0.39 is 36.8 Å². The van der Waals surface area contributed by atoms with Gasteiger partial charge in [0.25, 0.3) is 10.1 Å². The average Bonchev–Trinajstić information content (AvgIpc) is 2.72. The molecule has 0 aliphatic heterocycles. The Morgan fingerprint density at radius 2 is 1.61 bits per heavy atom. The maximum atomic E-state index is 12.0. The van der Waals surface area contributed by atoms with E-state index in [9.17, 15) is 26.5 Å². The van der Waals surface area contributed by atoms with Crippen LogP contribution < -0.4 is 4.90 Å². The summed E-state index contributed by atoms with van der Waals surface area (Å²) < 4.78 is 67.6. The van der Waals surface area contributed by atoms with E-state index >= 15 is 0 Å². The molecule has 0 spiro atoms. The number of phenols is 1. The predicted octanol–water partition coefficient (Wildman–Crippen LogP) is 3.64. The molecule has 11 nitrogen and oxygen atoms in total. The fourth-order valence-electron chi connectivity index (χ4n) is 3.01. The molecule has 0 saturated heterocycles. The smallest absolute Gasteiger partial charge is 0.397 e. The normalized spacial score (nSPS) is 12.5. The van der Waals surface area contributed by atoms with Crippen molar-refractivity contribution in [1.29, 1.82) is 0 Å². The topological polar surface area (TPSA) is 166 Å². The Morgan fingerprint density at radius 3 is 2.18 bits per heavy atom. The Kier molecular flexibility index (Phi) is 7.00. The van der Waals surface area contributed by atoms with E-state index in [2.05, 4.69) is 14.4 Å². The summed E-state index contributed by atoms with van der Waals surface area (Å²) >= 11 is 0. The lowest BCUT2D eigenvalue weighted by Crippen LogP contribution is -2.08. The van der Waals surface area contributed by atoms with Crippen LogP contribution in [0.5, 0.6) is 5.75 Å². The lowest BCUT2D eigenvalue weighted by Gasteiger charge is -2.14. The van der Waals surface area contributed by atoms with Gasteiger partial charge in [-0.2, -0.15) is 21.9 Å². The Bertz CT molecular complexity index is 1420. The summed E-state index contributed by atoms with van der Waals surface area (Å²) in [5, 5.41) is 19.2. The van der Waals surface area contributed by atoms with Crippen LogP contribution >= 0.6 is 0 Å². The zero-order valence-corrected chi connectivity index (χ0v) is 19.2. The predicted molar refractivity (Wildman–Crippen MR) is 122 cm³/mol. The summed E-state index contributed by atoms with van der Waals surface area (Å²) in [5.74, 6) is -0.451. The number of fused-ring (bicyclic) bond motifs is 1. The van der Waals surface area contributed by atoms with E-state index in [1.54, 1.807) is 49.3 Å². The number of aromatic hydroxyl groups is 1. The van der Waals surface area contributed by atoms with Gasteiger partial charge in [-0.1, -0.05) is 12.1 Å². The Labute approximate surface area is 190 Å². The number of nitrogens with zero attached hydrogens (tertiary/aromatic N) is 3. The highest BCUT2D eigenvalue weighted by molar-refractivity contribution is 7.86. The van der Waals surface area contributed by atoms with Crippen LogP contribution in [0.15, 0.2) is 63.7 Å². The molecule has 0 atom stereocenters. The third-order valence-electron chi connectivity index (χ3n) is 4.65. The maximum Gasteiger partial charge on any atom is 0.397 e. The summed E-state index contributed by atoms with van der Waals surface area (Å²) in [6.07, 6.45) is 0.199. The molecule has 0 fully saturated rings. The molecule has 3 aromatic rings. The molecule has 33 heavy (non-hydrogen) atoms. The van der Waals surface area contributed by atoms with Crippen LogP contribution in [0.4, 0.5) is 17.1 Å². The van der Waals surface area contributed by atoms with E-state index in [1.807, 2.05) is 0 Å². The van der Waals surface area contributed by atoms with Crippen molar-refractivity contribution in [3.05, 3.63) is 54.1 Å². The molecule has 0 aromatic heterocycles. The highest BCUT2D eigenvalue weighted by Gasteiger charge is 2.22. The number of benzene rings is 3. The first-order valence-electron chi connectivity index (χ1n) is 9.42. The zero-order chi connectivity index (χ0) is 24.4. The molecule has 0 saturated carbocycles. The molecule has 3 N–H and O–H groups in total. The monoisotopic (exact) mass is 495 g/mol. The number of rotatable bonds is 8. The number of phenolic OH excluding ortho intramolecular Hbond substituents is 1. The number of hydrogen-bond donors (Lipinski definition) is 3. The summed E-state index contributed by atoms with van der Waals surface area (Å²) in [6.45, 7) is -0.252. The van der Waals surface area contributed by atoms with Gasteiger partial charge in [0, 0.05) is 25.2 Å². The second kappa shape index (κ2) is 9.41. The van der Waals surface area contributed by atoms with Crippen molar-refractivity contribution in [2.45, 2.75) is 11.3 Å². The molecular formula is C20H21N3O8S2. The van der Waals surface area contributed by atoms with Gasteiger partial charge in [-0.3, -0.25) is 9.11 Å². The molecule has 176 valence electrons. The van der Waals surface area contributed by atoms with Crippen LogP contribution in [0.1, 0.15) is 5.56 Å². The van der Waals surface area contributed by atoms with Crippen LogP contribution in [0.2, 0.25) is 0 Å².